The fourth-order valence-electron chi connectivity index (χ4n) is 5.01. The first-order chi connectivity index (χ1) is 14.7. The van der Waals surface area contributed by atoms with Gasteiger partial charge in [-0.1, -0.05) is 12.1 Å². The summed E-state index contributed by atoms with van der Waals surface area (Å²) in [4.78, 5) is 50.4. The van der Waals surface area contributed by atoms with Crippen LogP contribution in [0, 0.1) is 5.41 Å². The molecule has 3 heterocycles. The number of halogens is 2. The standard InChI is InChI=1S/C21H22F2N4O4/c22-21(23)9-20(21)6-12(25-10-20)8-24-7-11-2-1-3-13-16(11)19(31)27(18(13)30)14-4-5-15(28)26-17(14)29/h1-3,12,14,24-25H,4-10H2,(H,26,28,29). The maximum absolute atomic E-state index is 13.5. The smallest absolute Gasteiger partial charge is 0.262 e. The fourth-order valence-corrected chi connectivity index (χ4v) is 5.01. The number of nitrogens with one attached hydrogen (secondary N) is 3. The summed E-state index contributed by atoms with van der Waals surface area (Å²) in [5.41, 5.74) is 0.173. The van der Waals surface area contributed by atoms with Crippen molar-refractivity contribution in [2.45, 2.75) is 50.2 Å². The van der Waals surface area contributed by atoms with Gasteiger partial charge in [-0.05, 0) is 24.5 Å². The number of carbonyl (C=O) groups is 4. The number of nitrogens with zero attached hydrogens (tertiary/aromatic N) is 1. The third-order valence-electron chi connectivity index (χ3n) is 6.84. The molecule has 31 heavy (non-hydrogen) atoms. The highest BCUT2D eigenvalue weighted by Gasteiger charge is 2.72. The number of amides is 4. The van der Waals surface area contributed by atoms with Gasteiger partial charge in [0, 0.05) is 38.5 Å². The molecule has 1 spiro atoms. The van der Waals surface area contributed by atoms with E-state index in [2.05, 4.69) is 16.0 Å². The van der Waals surface area contributed by atoms with Gasteiger partial charge in [-0.15, -0.1) is 0 Å². The number of hydrogen-bond donors (Lipinski definition) is 3. The lowest BCUT2D eigenvalue weighted by Gasteiger charge is -2.27. The van der Waals surface area contributed by atoms with Crippen molar-refractivity contribution in [3.8, 4) is 0 Å². The van der Waals surface area contributed by atoms with Gasteiger partial charge in [-0.25, -0.2) is 8.78 Å². The van der Waals surface area contributed by atoms with Gasteiger partial charge in [0.1, 0.15) is 6.04 Å². The number of rotatable bonds is 5. The maximum Gasteiger partial charge on any atom is 0.262 e. The van der Waals surface area contributed by atoms with Crippen molar-refractivity contribution >= 4 is 23.6 Å². The van der Waals surface area contributed by atoms with E-state index >= 15 is 0 Å². The normalized spacial score (nSPS) is 31.4. The number of fused-ring (bicyclic) bond motifs is 1. The molecule has 1 aliphatic carbocycles. The third kappa shape index (κ3) is 3.16. The molecule has 3 fully saturated rings. The molecule has 3 unspecified atom stereocenters. The van der Waals surface area contributed by atoms with Crippen molar-refractivity contribution in [3.63, 3.8) is 0 Å². The number of imide groups is 2. The zero-order valence-corrected chi connectivity index (χ0v) is 16.7. The van der Waals surface area contributed by atoms with Crippen LogP contribution < -0.4 is 16.0 Å². The second-order valence-electron chi connectivity index (χ2n) is 8.86. The van der Waals surface area contributed by atoms with E-state index in [1.807, 2.05) is 0 Å². The third-order valence-corrected chi connectivity index (χ3v) is 6.84. The minimum absolute atomic E-state index is 0.0626. The summed E-state index contributed by atoms with van der Waals surface area (Å²) in [6.07, 6.45) is 0.500. The summed E-state index contributed by atoms with van der Waals surface area (Å²) in [5, 5.41) is 8.51. The van der Waals surface area contributed by atoms with Crippen LogP contribution in [0.1, 0.15) is 52.0 Å². The topological polar surface area (TPSA) is 108 Å². The first-order valence-electron chi connectivity index (χ1n) is 10.4. The molecule has 1 saturated carbocycles. The molecule has 4 amide bonds. The minimum atomic E-state index is -2.58. The van der Waals surface area contributed by atoms with Crippen molar-refractivity contribution in [3.05, 3.63) is 34.9 Å². The number of piperidine rings is 1. The van der Waals surface area contributed by atoms with Crippen LogP contribution in [0.25, 0.3) is 0 Å². The van der Waals surface area contributed by atoms with Crippen LogP contribution in [0.5, 0.6) is 0 Å². The molecular weight excluding hydrogens is 410 g/mol. The number of hydrogen-bond acceptors (Lipinski definition) is 6. The predicted octanol–water partition coefficient (Wildman–Crippen LogP) is 0.565. The Bertz CT molecular complexity index is 1010. The zero-order chi connectivity index (χ0) is 22.0. The Morgan fingerprint density at radius 2 is 1.94 bits per heavy atom. The monoisotopic (exact) mass is 432 g/mol. The van der Waals surface area contributed by atoms with E-state index in [9.17, 15) is 28.0 Å². The molecule has 1 aromatic rings. The number of alkyl halides is 2. The van der Waals surface area contributed by atoms with Crippen LogP contribution >= 0.6 is 0 Å². The number of benzene rings is 1. The molecule has 0 bridgehead atoms. The summed E-state index contributed by atoms with van der Waals surface area (Å²) in [5.74, 6) is -4.76. The summed E-state index contributed by atoms with van der Waals surface area (Å²) in [6.45, 7) is 1.05. The largest absolute Gasteiger partial charge is 0.312 e. The van der Waals surface area contributed by atoms with Gasteiger partial charge in [0.05, 0.1) is 16.5 Å². The molecule has 3 atom stereocenters. The lowest BCUT2D eigenvalue weighted by Crippen LogP contribution is -2.54. The molecule has 164 valence electrons. The molecule has 2 saturated heterocycles. The Morgan fingerprint density at radius 3 is 2.61 bits per heavy atom. The van der Waals surface area contributed by atoms with E-state index in [1.54, 1.807) is 18.2 Å². The second-order valence-corrected chi connectivity index (χ2v) is 8.86. The first kappa shape index (κ1) is 20.2. The van der Waals surface area contributed by atoms with Crippen LogP contribution in [0.4, 0.5) is 8.78 Å². The maximum atomic E-state index is 13.5. The average molecular weight is 432 g/mol. The second kappa shape index (κ2) is 6.89. The van der Waals surface area contributed by atoms with Crippen molar-refractivity contribution < 1.29 is 28.0 Å². The molecule has 3 aliphatic heterocycles. The molecule has 0 radical (unpaired) electrons. The van der Waals surface area contributed by atoms with Gasteiger partial charge in [0.2, 0.25) is 11.8 Å². The Labute approximate surface area is 176 Å². The highest BCUT2D eigenvalue weighted by Crippen LogP contribution is 2.64. The highest BCUT2D eigenvalue weighted by atomic mass is 19.3. The van der Waals surface area contributed by atoms with E-state index in [1.165, 1.54) is 0 Å². The van der Waals surface area contributed by atoms with E-state index in [-0.39, 0.29) is 43.0 Å². The number of carbonyl (C=O) groups excluding carboxylic acids is 4. The zero-order valence-electron chi connectivity index (χ0n) is 16.7. The van der Waals surface area contributed by atoms with E-state index in [0.717, 1.165) is 4.90 Å². The average Bonchev–Trinajstić information content (AvgIpc) is 2.98. The van der Waals surface area contributed by atoms with Crippen LogP contribution in [-0.4, -0.2) is 59.6 Å². The Morgan fingerprint density at radius 1 is 1.16 bits per heavy atom. The van der Waals surface area contributed by atoms with Crippen LogP contribution in [0.15, 0.2) is 18.2 Å². The summed E-state index contributed by atoms with van der Waals surface area (Å²) in [7, 11) is 0. The molecule has 1 aromatic carbocycles. The van der Waals surface area contributed by atoms with Crippen LogP contribution in [0.3, 0.4) is 0 Å². The fraction of sp³-hybridized carbons (Fsp3) is 0.524. The molecule has 8 nitrogen and oxygen atoms in total. The van der Waals surface area contributed by atoms with Gasteiger partial charge < -0.3 is 10.6 Å². The lowest BCUT2D eigenvalue weighted by atomic mass is 10.0. The van der Waals surface area contributed by atoms with Gasteiger partial charge in [0.15, 0.2) is 0 Å². The van der Waals surface area contributed by atoms with Gasteiger partial charge in [0.25, 0.3) is 17.7 Å². The van der Waals surface area contributed by atoms with E-state index in [0.29, 0.717) is 25.1 Å². The molecule has 5 rings (SSSR count). The summed E-state index contributed by atoms with van der Waals surface area (Å²) >= 11 is 0. The van der Waals surface area contributed by atoms with E-state index < -0.39 is 41.0 Å². The molecule has 0 aromatic heterocycles. The van der Waals surface area contributed by atoms with Gasteiger partial charge in [-0.3, -0.25) is 29.4 Å². The minimum Gasteiger partial charge on any atom is -0.312 e. The van der Waals surface area contributed by atoms with Gasteiger partial charge in [-0.2, -0.15) is 0 Å². The Kier molecular flexibility index (Phi) is 4.49. The first-order valence-corrected chi connectivity index (χ1v) is 10.4. The molecule has 10 heteroatoms. The highest BCUT2D eigenvalue weighted by molar-refractivity contribution is 6.24. The van der Waals surface area contributed by atoms with Crippen molar-refractivity contribution in [2.24, 2.45) is 5.41 Å². The lowest BCUT2D eigenvalue weighted by molar-refractivity contribution is -0.136. The van der Waals surface area contributed by atoms with Crippen LogP contribution in [-0.2, 0) is 16.1 Å². The van der Waals surface area contributed by atoms with Crippen LogP contribution in [0.2, 0.25) is 0 Å². The molecule has 4 aliphatic rings. The Balaban J connectivity index is 1.26. The van der Waals surface area contributed by atoms with Crippen molar-refractivity contribution in [1.29, 1.82) is 0 Å². The SMILES string of the molecule is O=C1CCC(N2C(=O)c3cccc(CNCC4CC5(CN4)CC5(F)F)c3C2=O)C(=O)N1. The van der Waals surface area contributed by atoms with E-state index in [4.69, 9.17) is 0 Å². The van der Waals surface area contributed by atoms with Crippen molar-refractivity contribution in [2.75, 3.05) is 13.1 Å². The quantitative estimate of drug-likeness (QED) is 0.587. The molecule has 3 N–H and O–H groups in total. The van der Waals surface area contributed by atoms with Gasteiger partial charge >= 0.3 is 0 Å². The summed E-state index contributed by atoms with van der Waals surface area (Å²) < 4.78 is 27.1. The summed E-state index contributed by atoms with van der Waals surface area (Å²) in [6, 6.07) is 3.85. The molecular formula is C21H22F2N4O4. The Hall–Kier alpha value is -2.72. The predicted molar refractivity (Wildman–Crippen MR) is 103 cm³/mol. The van der Waals surface area contributed by atoms with Crippen molar-refractivity contribution in [1.82, 2.24) is 20.9 Å².